The molecule has 0 aliphatic heterocycles. The Kier molecular flexibility index (Phi) is 11.9. The standard InChI is InChI=1S/C34H58O3/c1-4-29(35)16-10-7-13-19-32-22-28-23-33(25-32,20-14-8-11-17-30(36)5-2)27-34(24-28,26-32)21-15-9-12-18-31(37)6-3/h28H,4-27H2,1-3H3. The molecule has 4 rings (SSSR count). The van der Waals surface area contributed by atoms with Crippen LogP contribution in [0.4, 0.5) is 0 Å². The largest absolute Gasteiger partial charge is 0.300 e. The van der Waals surface area contributed by atoms with Crippen LogP contribution in [0.15, 0.2) is 0 Å². The first-order chi connectivity index (χ1) is 17.8. The summed E-state index contributed by atoms with van der Waals surface area (Å²) >= 11 is 0. The van der Waals surface area contributed by atoms with Crippen molar-refractivity contribution in [3.05, 3.63) is 0 Å². The maximum atomic E-state index is 11.7. The van der Waals surface area contributed by atoms with Gasteiger partial charge >= 0.3 is 0 Å². The predicted molar refractivity (Wildman–Crippen MR) is 154 cm³/mol. The van der Waals surface area contributed by atoms with E-state index in [0.29, 0.717) is 52.9 Å². The lowest BCUT2D eigenvalue weighted by Gasteiger charge is -2.68. The zero-order valence-electron chi connectivity index (χ0n) is 24.8. The van der Waals surface area contributed by atoms with Crippen molar-refractivity contribution in [1.29, 1.82) is 0 Å². The van der Waals surface area contributed by atoms with Crippen LogP contribution in [-0.2, 0) is 14.4 Å². The van der Waals surface area contributed by atoms with Gasteiger partial charge in [-0.1, -0.05) is 59.3 Å². The molecule has 0 amide bonds. The second-order valence-corrected chi connectivity index (χ2v) is 13.9. The first-order valence-electron chi connectivity index (χ1n) is 16.3. The van der Waals surface area contributed by atoms with Crippen molar-refractivity contribution in [3.8, 4) is 0 Å². The number of carbonyl (C=O) groups is 3. The number of rotatable bonds is 21. The van der Waals surface area contributed by atoms with E-state index in [4.69, 9.17) is 0 Å². The molecule has 0 radical (unpaired) electrons. The number of hydrogen-bond acceptors (Lipinski definition) is 3. The van der Waals surface area contributed by atoms with Gasteiger partial charge in [-0.05, 0) is 99.2 Å². The van der Waals surface area contributed by atoms with Crippen molar-refractivity contribution in [2.75, 3.05) is 0 Å². The van der Waals surface area contributed by atoms with Crippen LogP contribution < -0.4 is 0 Å². The number of carbonyl (C=O) groups excluding carboxylic acids is 3. The summed E-state index contributed by atoms with van der Waals surface area (Å²) in [6.07, 6.45) is 28.1. The van der Waals surface area contributed by atoms with Crippen LogP contribution in [0, 0.1) is 22.2 Å². The van der Waals surface area contributed by atoms with E-state index in [9.17, 15) is 14.4 Å². The molecule has 0 unspecified atom stereocenters. The lowest BCUT2D eigenvalue weighted by atomic mass is 9.37. The Morgan fingerprint density at radius 3 is 1.05 bits per heavy atom. The second kappa shape index (κ2) is 14.4. The van der Waals surface area contributed by atoms with Gasteiger partial charge in [0.1, 0.15) is 17.3 Å². The molecule has 3 nitrogen and oxygen atoms in total. The van der Waals surface area contributed by atoms with Gasteiger partial charge in [0.25, 0.3) is 0 Å². The van der Waals surface area contributed by atoms with E-state index in [-0.39, 0.29) is 0 Å². The molecule has 0 aromatic rings. The highest BCUT2D eigenvalue weighted by Crippen LogP contribution is 2.73. The van der Waals surface area contributed by atoms with Crippen LogP contribution in [0.2, 0.25) is 0 Å². The van der Waals surface area contributed by atoms with E-state index in [1.165, 1.54) is 96.3 Å². The minimum absolute atomic E-state index is 0.425. The lowest BCUT2D eigenvalue weighted by Crippen LogP contribution is -2.56. The van der Waals surface area contributed by atoms with Crippen molar-refractivity contribution in [2.45, 2.75) is 175 Å². The van der Waals surface area contributed by atoms with Crippen LogP contribution in [0.25, 0.3) is 0 Å². The van der Waals surface area contributed by atoms with Gasteiger partial charge in [0.2, 0.25) is 0 Å². The third-order valence-electron chi connectivity index (χ3n) is 10.6. The smallest absolute Gasteiger partial charge is 0.132 e. The highest BCUT2D eigenvalue weighted by atomic mass is 16.1. The molecule has 0 atom stereocenters. The number of ketones is 3. The van der Waals surface area contributed by atoms with Crippen LogP contribution in [-0.4, -0.2) is 17.3 Å². The molecule has 212 valence electrons. The minimum atomic E-state index is 0.425. The summed E-state index contributed by atoms with van der Waals surface area (Å²) in [5, 5.41) is 0. The Labute approximate surface area is 228 Å². The first-order valence-corrected chi connectivity index (χ1v) is 16.3. The van der Waals surface area contributed by atoms with E-state index in [1.807, 2.05) is 20.8 Å². The Balaban J connectivity index is 1.59. The van der Waals surface area contributed by atoms with Gasteiger partial charge in [0, 0.05) is 38.5 Å². The fourth-order valence-electron chi connectivity index (χ4n) is 9.42. The van der Waals surface area contributed by atoms with Gasteiger partial charge < -0.3 is 0 Å². The molecule has 4 fully saturated rings. The van der Waals surface area contributed by atoms with Crippen molar-refractivity contribution < 1.29 is 14.4 Å². The molecule has 0 aromatic carbocycles. The zero-order valence-corrected chi connectivity index (χ0v) is 24.8. The molecule has 0 saturated heterocycles. The van der Waals surface area contributed by atoms with E-state index in [1.54, 1.807) is 0 Å². The summed E-state index contributed by atoms with van der Waals surface area (Å²) < 4.78 is 0. The van der Waals surface area contributed by atoms with Gasteiger partial charge in [0.15, 0.2) is 0 Å². The average molecular weight is 515 g/mol. The van der Waals surface area contributed by atoms with Crippen LogP contribution in [0.1, 0.15) is 175 Å². The summed E-state index contributed by atoms with van der Waals surface area (Å²) in [6, 6.07) is 0. The maximum absolute atomic E-state index is 11.7. The maximum Gasteiger partial charge on any atom is 0.132 e. The molecule has 0 spiro atoms. The molecule has 0 heterocycles. The number of hydrogen-bond donors (Lipinski definition) is 0. The molecule has 4 bridgehead atoms. The van der Waals surface area contributed by atoms with Crippen molar-refractivity contribution in [2.24, 2.45) is 22.2 Å². The number of unbranched alkanes of at least 4 members (excludes halogenated alkanes) is 6. The molecular formula is C34H58O3. The Bertz CT molecular complexity index is 644. The molecular weight excluding hydrogens is 456 g/mol. The van der Waals surface area contributed by atoms with Gasteiger partial charge in [-0.25, -0.2) is 0 Å². The second-order valence-electron chi connectivity index (χ2n) is 13.9. The topological polar surface area (TPSA) is 51.2 Å². The highest BCUT2D eigenvalue weighted by molar-refractivity contribution is 5.78. The van der Waals surface area contributed by atoms with Crippen LogP contribution in [0.3, 0.4) is 0 Å². The molecule has 37 heavy (non-hydrogen) atoms. The first kappa shape index (κ1) is 30.6. The number of Topliss-reactive ketones (excluding diaryl/α,β-unsaturated/α-hetero) is 3. The van der Waals surface area contributed by atoms with Gasteiger partial charge in [-0.3, -0.25) is 14.4 Å². The molecule has 4 saturated carbocycles. The minimum Gasteiger partial charge on any atom is -0.300 e. The SMILES string of the molecule is CCC(=O)CCCCCC12CC3CC(CCCCCC(=O)CC)(C1)CC(CCCCCC(=O)CC)(C3)C2. The zero-order chi connectivity index (χ0) is 26.8. The third kappa shape index (κ3) is 9.03. The van der Waals surface area contributed by atoms with E-state index < -0.39 is 0 Å². The molecule has 0 aromatic heterocycles. The predicted octanol–water partition coefficient (Wildman–Crippen LogP) is 9.73. The van der Waals surface area contributed by atoms with Crippen molar-refractivity contribution in [1.82, 2.24) is 0 Å². The Hall–Kier alpha value is -0.990. The van der Waals surface area contributed by atoms with E-state index >= 15 is 0 Å². The van der Waals surface area contributed by atoms with E-state index in [2.05, 4.69) is 0 Å². The van der Waals surface area contributed by atoms with Gasteiger partial charge in [-0.2, -0.15) is 0 Å². The Morgan fingerprint density at radius 2 is 0.784 bits per heavy atom. The molecule has 4 aliphatic rings. The summed E-state index contributed by atoms with van der Waals surface area (Å²) in [6.45, 7) is 5.96. The third-order valence-corrected chi connectivity index (χ3v) is 10.6. The lowest BCUT2D eigenvalue weighted by molar-refractivity contribution is -0.168. The fourth-order valence-corrected chi connectivity index (χ4v) is 9.42. The summed E-state index contributed by atoms with van der Waals surface area (Å²) in [5.74, 6) is 2.19. The quantitative estimate of drug-likeness (QED) is 0.143. The summed E-state index contributed by atoms with van der Waals surface area (Å²) in [7, 11) is 0. The van der Waals surface area contributed by atoms with Crippen molar-refractivity contribution >= 4 is 17.3 Å². The Morgan fingerprint density at radius 1 is 0.486 bits per heavy atom. The van der Waals surface area contributed by atoms with Gasteiger partial charge in [-0.15, -0.1) is 0 Å². The van der Waals surface area contributed by atoms with Crippen LogP contribution in [0.5, 0.6) is 0 Å². The summed E-state index contributed by atoms with van der Waals surface area (Å²) in [5.41, 5.74) is 1.64. The monoisotopic (exact) mass is 514 g/mol. The molecule has 4 aliphatic carbocycles. The van der Waals surface area contributed by atoms with Crippen molar-refractivity contribution in [3.63, 3.8) is 0 Å². The molecule has 0 N–H and O–H groups in total. The fraction of sp³-hybridized carbons (Fsp3) is 0.912. The highest BCUT2D eigenvalue weighted by Gasteiger charge is 2.61. The van der Waals surface area contributed by atoms with E-state index in [0.717, 1.165) is 44.4 Å². The van der Waals surface area contributed by atoms with Crippen LogP contribution >= 0.6 is 0 Å². The summed E-state index contributed by atoms with van der Waals surface area (Å²) in [4.78, 5) is 35.2. The van der Waals surface area contributed by atoms with Gasteiger partial charge in [0.05, 0.1) is 0 Å². The average Bonchev–Trinajstić information content (AvgIpc) is 2.86. The molecule has 3 heteroatoms. The normalized spacial score (nSPS) is 30.1.